The van der Waals surface area contributed by atoms with Crippen LogP contribution in [0.5, 0.6) is 0 Å². The minimum absolute atomic E-state index is 0.125. The van der Waals surface area contributed by atoms with Gasteiger partial charge in [0.2, 0.25) is 5.91 Å². The van der Waals surface area contributed by atoms with Gasteiger partial charge in [-0.2, -0.15) is 0 Å². The average molecular weight is 498 g/mol. The Morgan fingerprint density at radius 2 is 1.82 bits per heavy atom. The second-order valence-electron chi connectivity index (χ2n) is 7.79. The van der Waals surface area contributed by atoms with Crippen molar-refractivity contribution >= 4 is 56.5 Å². The molecule has 0 aliphatic rings. The molecule has 0 bridgehead atoms. The molecule has 0 radical (unpaired) electrons. The van der Waals surface area contributed by atoms with E-state index >= 15 is 0 Å². The Bertz CT molecular complexity index is 1360. The summed E-state index contributed by atoms with van der Waals surface area (Å²) in [6, 6.07) is 14.7. The van der Waals surface area contributed by atoms with Crippen molar-refractivity contribution in [2.75, 3.05) is 11.1 Å². The van der Waals surface area contributed by atoms with Crippen molar-refractivity contribution in [3.05, 3.63) is 79.9 Å². The number of aromatic nitrogens is 2. The van der Waals surface area contributed by atoms with E-state index in [1.165, 1.54) is 16.6 Å². The number of amides is 1. The van der Waals surface area contributed by atoms with E-state index in [9.17, 15) is 9.59 Å². The minimum atomic E-state index is -0.158. The summed E-state index contributed by atoms with van der Waals surface area (Å²) in [7, 11) is 0. The predicted molar refractivity (Wildman–Crippen MR) is 139 cm³/mol. The summed E-state index contributed by atoms with van der Waals surface area (Å²) < 4.78 is 1.58. The number of carbonyl (C=O) groups is 1. The van der Waals surface area contributed by atoms with Gasteiger partial charge in [-0.3, -0.25) is 14.2 Å². The summed E-state index contributed by atoms with van der Waals surface area (Å²) in [6.45, 7) is 6.11. The SMILES string of the molecule is CCCc1sc2nc(SCC(=O)Nc3ccc(C)cc3)n(-c3ccc(Cl)cc3)c(=O)c2c1C. The maximum absolute atomic E-state index is 13.6. The Balaban J connectivity index is 1.71. The molecule has 0 spiro atoms. The van der Waals surface area contributed by atoms with Crippen LogP contribution in [0.15, 0.2) is 58.5 Å². The van der Waals surface area contributed by atoms with Gasteiger partial charge in [-0.25, -0.2) is 4.98 Å². The number of rotatable bonds is 7. The van der Waals surface area contributed by atoms with Crippen LogP contribution >= 0.6 is 34.7 Å². The van der Waals surface area contributed by atoms with Gasteiger partial charge in [0.05, 0.1) is 16.8 Å². The van der Waals surface area contributed by atoms with Gasteiger partial charge >= 0.3 is 0 Å². The normalized spacial score (nSPS) is 11.2. The molecule has 2 aromatic heterocycles. The molecule has 0 aliphatic carbocycles. The number of thiophene rings is 1. The molecule has 4 rings (SSSR count). The van der Waals surface area contributed by atoms with Gasteiger partial charge in [-0.1, -0.05) is 54.4 Å². The predicted octanol–water partition coefficient (Wildman–Crippen LogP) is 6.40. The van der Waals surface area contributed by atoms with E-state index in [-0.39, 0.29) is 17.2 Å². The van der Waals surface area contributed by atoms with Crippen LogP contribution in [-0.4, -0.2) is 21.2 Å². The highest BCUT2D eigenvalue weighted by Gasteiger charge is 2.20. The van der Waals surface area contributed by atoms with E-state index in [1.807, 2.05) is 38.1 Å². The van der Waals surface area contributed by atoms with E-state index in [4.69, 9.17) is 16.6 Å². The Hall–Kier alpha value is -2.61. The standard InChI is InChI=1S/C25H24ClN3O2S2/c1-4-5-20-16(3)22-23(33-20)28-25(29(24(22)31)19-12-8-17(26)9-13-19)32-14-21(30)27-18-10-6-15(2)7-11-18/h6-13H,4-5,14H2,1-3H3,(H,27,30). The van der Waals surface area contributed by atoms with Gasteiger partial charge < -0.3 is 5.32 Å². The molecule has 0 aliphatic heterocycles. The van der Waals surface area contributed by atoms with E-state index < -0.39 is 0 Å². The number of nitrogens with zero attached hydrogens (tertiary/aromatic N) is 2. The highest BCUT2D eigenvalue weighted by molar-refractivity contribution is 7.99. The first-order valence-corrected chi connectivity index (χ1v) is 12.9. The van der Waals surface area contributed by atoms with Crippen molar-refractivity contribution in [1.29, 1.82) is 0 Å². The molecule has 1 N–H and O–H groups in total. The fraction of sp³-hybridized carbons (Fsp3) is 0.240. The van der Waals surface area contributed by atoms with Crippen LogP contribution in [0.2, 0.25) is 5.02 Å². The molecule has 0 saturated carbocycles. The van der Waals surface area contributed by atoms with Gasteiger partial charge in [0, 0.05) is 15.6 Å². The fourth-order valence-corrected chi connectivity index (χ4v) is 5.81. The molecule has 170 valence electrons. The minimum Gasteiger partial charge on any atom is -0.325 e. The number of hydrogen-bond donors (Lipinski definition) is 1. The number of nitrogens with one attached hydrogen (secondary N) is 1. The maximum Gasteiger partial charge on any atom is 0.267 e. The van der Waals surface area contributed by atoms with Gasteiger partial charge in [-0.05, 0) is 62.2 Å². The summed E-state index contributed by atoms with van der Waals surface area (Å²) >= 11 is 8.88. The van der Waals surface area contributed by atoms with Crippen LogP contribution in [0.1, 0.15) is 29.3 Å². The molecule has 33 heavy (non-hydrogen) atoms. The van der Waals surface area contributed by atoms with Crippen molar-refractivity contribution in [3.63, 3.8) is 0 Å². The Morgan fingerprint density at radius 3 is 2.48 bits per heavy atom. The topological polar surface area (TPSA) is 64.0 Å². The largest absolute Gasteiger partial charge is 0.325 e. The monoisotopic (exact) mass is 497 g/mol. The first-order valence-electron chi connectivity index (χ1n) is 10.7. The first kappa shape index (κ1) is 23.5. The van der Waals surface area contributed by atoms with Crippen LogP contribution in [0, 0.1) is 13.8 Å². The van der Waals surface area contributed by atoms with Crippen LogP contribution in [0.25, 0.3) is 15.9 Å². The van der Waals surface area contributed by atoms with Gasteiger partial charge in [0.25, 0.3) is 5.56 Å². The smallest absolute Gasteiger partial charge is 0.267 e. The number of benzene rings is 2. The lowest BCUT2D eigenvalue weighted by Gasteiger charge is -2.12. The van der Waals surface area contributed by atoms with Crippen molar-refractivity contribution in [1.82, 2.24) is 9.55 Å². The zero-order valence-corrected chi connectivity index (χ0v) is 21.0. The molecule has 5 nitrogen and oxygen atoms in total. The van der Waals surface area contributed by atoms with Gasteiger partial charge in [0.15, 0.2) is 5.16 Å². The first-order chi connectivity index (χ1) is 15.9. The van der Waals surface area contributed by atoms with E-state index in [1.54, 1.807) is 40.2 Å². The number of halogens is 1. The van der Waals surface area contributed by atoms with E-state index in [2.05, 4.69) is 12.2 Å². The lowest BCUT2D eigenvalue weighted by atomic mass is 10.1. The Kier molecular flexibility index (Phi) is 7.22. The number of carbonyl (C=O) groups excluding carboxylic acids is 1. The molecule has 0 atom stereocenters. The summed E-state index contributed by atoms with van der Waals surface area (Å²) in [5, 5.41) is 4.62. The summed E-state index contributed by atoms with van der Waals surface area (Å²) in [5.41, 5.74) is 3.40. The van der Waals surface area contributed by atoms with Crippen molar-refractivity contribution in [2.24, 2.45) is 0 Å². The molecule has 0 unspecified atom stereocenters. The van der Waals surface area contributed by atoms with Crippen molar-refractivity contribution in [3.8, 4) is 5.69 Å². The zero-order chi connectivity index (χ0) is 23.5. The van der Waals surface area contributed by atoms with Gasteiger partial charge in [-0.15, -0.1) is 11.3 Å². The average Bonchev–Trinajstić information content (AvgIpc) is 3.10. The Morgan fingerprint density at radius 1 is 1.12 bits per heavy atom. The Labute approximate surface area is 205 Å². The quantitative estimate of drug-likeness (QED) is 0.237. The molecule has 2 heterocycles. The number of anilines is 1. The molecule has 2 aromatic carbocycles. The van der Waals surface area contributed by atoms with Crippen LogP contribution in [-0.2, 0) is 11.2 Å². The third-order valence-corrected chi connectivity index (χ3v) is 7.70. The molecule has 0 saturated heterocycles. The molecule has 0 fully saturated rings. The molecular formula is C25H24ClN3O2S2. The van der Waals surface area contributed by atoms with Crippen LogP contribution in [0.4, 0.5) is 5.69 Å². The molecular weight excluding hydrogens is 474 g/mol. The summed E-state index contributed by atoms with van der Waals surface area (Å²) in [4.78, 5) is 32.9. The van der Waals surface area contributed by atoms with Crippen LogP contribution in [0.3, 0.4) is 0 Å². The number of fused-ring (bicyclic) bond motifs is 1. The number of thioether (sulfide) groups is 1. The van der Waals surface area contributed by atoms with Crippen molar-refractivity contribution in [2.45, 2.75) is 38.8 Å². The summed E-state index contributed by atoms with van der Waals surface area (Å²) in [5.74, 6) is -0.0270. The second-order valence-corrected chi connectivity index (χ2v) is 10.3. The van der Waals surface area contributed by atoms with Gasteiger partial charge in [0.1, 0.15) is 4.83 Å². The van der Waals surface area contributed by atoms with Crippen molar-refractivity contribution < 1.29 is 4.79 Å². The molecule has 8 heteroatoms. The third-order valence-electron chi connectivity index (χ3n) is 5.26. The lowest BCUT2D eigenvalue weighted by Crippen LogP contribution is -2.22. The van der Waals surface area contributed by atoms with E-state index in [0.717, 1.165) is 29.7 Å². The highest BCUT2D eigenvalue weighted by Crippen LogP contribution is 2.31. The third kappa shape index (κ3) is 5.16. The maximum atomic E-state index is 13.6. The molecule has 4 aromatic rings. The van der Waals surface area contributed by atoms with Crippen LogP contribution < -0.4 is 10.9 Å². The number of aryl methyl sites for hydroxylation is 3. The fourth-order valence-electron chi connectivity index (χ4n) is 3.55. The summed E-state index contributed by atoms with van der Waals surface area (Å²) in [6.07, 6.45) is 1.91. The molecule has 1 amide bonds. The lowest BCUT2D eigenvalue weighted by molar-refractivity contribution is -0.113. The second kappa shape index (κ2) is 10.1. The number of hydrogen-bond acceptors (Lipinski definition) is 5. The van der Waals surface area contributed by atoms with E-state index in [0.29, 0.717) is 26.1 Å². The highest BCUT2D eigenvalue weighted by atomic mass is 35.5. The zero-order valence-electron chi connectivity index (χ0n) is 18.6.